The second kappa shape index (κ2) is 59.2. The standard InChI is InChI=1S/C77H141N4O24P/c1-7-10-13-16-18-20-21-22-23-24-25-26-28-30-37-45-64(87)101-59(54-97-74(94)58(41-33-15-12-9-3)42-34-29-27-19-17-14-11-8-2)55-99-106(6,95)98-51-49-78-46-38-31-35-43-62(85)79-47-39-32-36-44-63(86)80-48-40-50-96-77-73(105-76-71(93)70(92)66(88)56(4)100-76)72(68(90)61(53-83)103-77)104-75-65(81-57(5)84)69(91)67(89)60(52-82)102-75/h22-23,34,42,56,58-61,65-73,75-78,82-83,88-93H,7-21,24-33,35-41,43-55H2,1-6H3,(H,79,85)(H,80,86)(H,81,84)/t56?,58?,59-,60?,61?,65?,66+,67+,68+,69-,70-,71?,72+,73?,75+,76+,77-,106?/m1/s1. The van der Waals surface area contributed by atoms with E-state index in [0.29, 0.717) is 64.6 Å². The van der Waals surface area contributed by atoms with E-state index >= 15 is 0 Å². The van der Waals surface area contributed by atoms with E-state index in [-0.39, 0.29) is 70.0 Å². The van der Waals surface area contributed by atoms with Gasteiger partial charge in [-0.1, -0.05) is 167 Å². The van der Waals surface area contributed by atoms with E-state index in [4.69, 9.17) is 46.9 Å². The van der Waals surface area contributed by atoms with Gasteiger partial charge in [-0.2, -0.15) is 0 Å². The zero-order chi connectivity index (χ0) is 77.7. The molecule has 0 aromatic heterocycles. The summed E-state index contributed by atoms with van der Waals surface area (Å²) in [5.74, 6) is -2.17. The molecule has 106 heavy (non-hydrogen) atoms. The highest BCUT2D eigenvalue weighted by molar-refractivity contribution is 7.52. The first-order valence-electron chi connectivity index (χ1n) is 40.4. The molecule has 3 fully saturated rings. The van der Waals surface area contributed by atoms with Gasteiger partial charge in [0.25, 0.3) is 0 Å². The SMILES string of the molecule is CCCCCCCCC=CCCCCCCCC(=O)O[C@H](COC(=O)C(C=CCCCCCCCC)CCCCCC)COP(C)(=O)OCCNCCCCCC(=O)NCCCCCC(=O)NCCCO[C@@H]1OC(CO)[C@H](O)[C@H](O[C@@H]2OC(CO)[C@H](O)[C@H](O)C2NC(C)=O)C1O[C@@H]1OC(C)[C@H](O)[C@@H](O)C1O. The van der Waals surface area contributed by atoms with Crippen LogP contribution in [0, 0.1) is 5.92 Å². The van der Waals surface area contributed by atoms with E-state index in [9.17, 15) is 69.4 Å². The van der Waals surface area contributed by atoms with Gasteiger partial charge in [0.1, 0.15) is 73.7 Å². The van der Waals surface area contributed by atoms with Crippen molar-refractivity contribution >= 4 is 37.3 Å². The van der Waals surface area contributed by atoms with Crippen LogP contribution in [0.3, 0.4) is 0 Å². The molecule has 12 N–H and O–H groups in total. The van der Waals surface area contributed by atoms with E-state index in [1.54, 1.807) is 0 Å². The smallest absolute Gasteiger partial charge is 0.327 e. The van der Waals surface area contributed by atoms with Crippen molar-refractivity contribution in [2.24, 2.45) is 5.92 Å². The quantitative estimate of drug-likeness (QED) is 0.0118. The van der Waals surface area contributed by atoms with Gasteiger partial charge in [-0.05, 0) is 96.9 Å². The molecule has 3 heterocycles. The molecule has 8 unspecified atom stereocenters. The summed E-state index contributed by atoms with van der Waals surface area (Å²) in [6.07, 6.45) is 18.3. The lowest BCUT2D eigenvalue weighted by Gasteiger charge is -2.49. The highest BCUT2D eigenvalue weighted by Gasteiger charge is 2.55. The van der Waals surface area contributed by atoms with Crippen LogP contribution in [-0.4, -0.2) is 241 Å². The number of allylic oxidation sites excluding steroid dienone is 3. The Morgan fingerprint density at radius 3 is 1.62 bits per heavy atom. The zero-order valence-electron chi connectivity index (χ0n) is 65.0. The number of hydrogen-bond donors (Lipinski definition) is 12. The molecule has 0 spiro atoms. The van der Waals surface area contributed by atoms with E-state index in [1.807, 2.05) is 6.08 Å². The lowest BCUT2D eigenvalue weighted by Crippen LogP contribution is -2.68. The third-order valence-electron chi connectivity index (χ3n) is 19.2. The van der Waals surface area contributed by atoms with Crippen LogP contribution in [0.1, 0.15) is 259 Å². The van der Waals surface area contributed by atoms with Crippen LogP contribution in [0.25, 0.3) is 0 Å². The molecule has 0 saturated carbocycles. The van der Waals surface area contributed by atoms with Crippen molar-refractivity contribution in [2.45, 2.75) is 358 Å². The van der Waals surface area contributed by atoms with Crippen LogP contribution in [0.5, 0.6) is 0 Å². The first kappa shape index (κ1) is 96.6. The normalized spacial score (nSPS) is 26.0. The topological polar surface area (TPSA) is 405 Å². The number of aliphatic hydroxyl groups excluding tert-OH is 8. The molecule has 29 heteroatoms. The molecule has 3 aliphatic heterocycles. The Morgan fingerprint density at radius 2 is 1.02 bits per heavy atom. The Morgan fingerprint density at radius 1 is 0.500 bits per heavy atom. The number of hydrogen-bond acceptors (Lipinski definition) is 25. The van der Waals surface area contributed by atoms with Crippen molar-refractivity contribution in [1.82, 2.24) is 21.3 Å². The summed E-state index contributed by atoms with van der Waals surface area (Å²) in [7, 11) is -3.61. The monoisotopic (exact) mass is 1540 g/mol. The van der Waals surface area contributed by atoms with E-state index < -0.39 is 137 Å². The van der Waals surface area contributed by atoms with Crippen molar-refractivity contribution in [3.8, 4) is 0 Å². The van der Waals surface area contributed by atoms with Gasteiger partial charge >= 0.3 is 19.5 Å². The Balaban J connectivity index is 1.37. The third kappa shape index (κ3) is 41.6. The lowest BCUT2D eigenvalue weighted by atomic mass is 9.95. The number of rotatable bonds is 63. The second-order valence-corrected chi connectivity index (χ2v) is 30.8. The summed E-state index contributed by atoms with van der Waals surface area (Å²) in [6, 6.07) is -1.47. The molecule has 3 saturated heterocycles. The van der Waals surface area contributed by atoms with Gasteiger partial charge < -0.3 is 109 Å². The fourth-order valence-electron chi connectivity index (χ4n) is 12.7. The number of aliphatic hydroxyl groups is 8. The molecular formula is C77H141N4O24P. The number of unbranched alkanes of at least 4 members (excludes halogenated alkanes) is 24. The van der Waals surface area contributed by atoms with Crippen LogP contribution >= 0.6 is 7.60 Å². The molecule has 3 rings (SSSR count). The molecule has 3 amide bonds. The predicted octanol–water partition coefficient (Wildman–Crippen LogP) is 8.20. The van der Waals surface area contributed by atoms with Gasteiger partial charge in [0, 0.05) is 52.5 Å². The van der Waals surface area contributed by atoms with Gasteiger partial charge in [0.05, 0.1) is 45.1 Å². The highest BCUT2D eigenvalue weighted by Crippen LogP contribution is 2.44. The maximum absolute atomic E-state index is 13.6. The van der Waals surface area contributed by atoms with Crippen molar-refractivity contribution in [1.29, 1.82) is 0 Å². The van der Waals surface area contributed by atoms with Gasteiger partial charge in [-0.25, -0.2) is 0 Å². The Hall–Kier alpha value is -3.62. The Kier molecular flexibility index (Phi) is 53.9. The Labute approximate surface area is 632 Å². The second-order valence-electron chi connectivity index (χ2n) is 28.7. The fraction of sp³-hybridized carbons (Fsp3) is 0.883. The largest absolute Gasteiger partial charge is 0.461 e. The van der Waals surface area contributed by atoms with E-state index in [2.05, 4.69) is 60.3 Å². The van der Waals surface area contributed by atoms with Crippen LogP contribution in [0.15, 0.2) is 24.3 Å². The maximum Gasteiger partial charge on any atom is 0.327 e. The molecule has 0 aliphatic carbocycles. The van der Waals surface area contributed by atoms with Crippen LogP contribution < -0.4 is 21.3 Å². The number of ether oxygens (including phenoxy) is 8. The molecule has 0 aromatic rings. The summed E-state index contributed by atoms with van der Waals surface area (Å²) in [5.41, 5.74) is 0. The third-order valence-corrected chi connectivity index (χ3v) is 20.5. The molecule has 28 nitrogen and oxygen atoms in total. The van der Waals surface area contributed by atoms with Crippen molar-refractivity contribution in [3.63, 3.8) is 0 Å². The van der Waals surface area contributed by atoms with Gasteiger partial charge in [0.15, 0.2) is 25.0 Å². The number of carbonyl (C=O) groups excluding carboxylic acids is 5. The lowest BCUT2D eigenvalue weighted by molar-refractivity contribution is -0.385. The average Bonchev–Trinajstić information content (AvgIpc) is 0.773. The molecular weight excluding hydrogens is 1400 g/mol. The van der Waals surface area contributed by atoms with Crippen molar-refractivity contribution in [2.75, 3.05) is 72.5 Å². The maximum atomic E-state index is 13.6. The fourth-order valence-corrected chi connectivity index (χ4v) is 13.7. The first-order chi connectivity index (χ1) is 51.1. The van der Waals surface area contributed by atoms with Crippen LogP contribution in [0.2, 0.25) is 0 Å². The van der Waals surface area contributed by atoms with Crippen molar-refractivity contribution < 1.29 is 116 Å². The molecule has 0 radical (unpaired) electrons. The molecule has 3 aliphatic rings. The van der Waals surface area contributed by atoms with Crippen molar-refractivity contribution in [3.05, 3.63) is 24.3 Å². The molecule has 618 valence electrons. The number of nitrogens with one attached hydrogen (secondary N) is 4. The summed E-state index contributed by atoms with van der Waals surface area (Å²) >= 11 is 0. The molecule has 0 bridgehead atoms. The Bertz CT molecular complexity index is 2420. The minimum Gasteiger partial charge on any atom is -0.461 e. The average molecular weight is 1540 g/mol. The minimum absolute atomic E-state index is 0.0665. The van der Waals surface area contributed by atoms with Gasteiger partial charge in [0.2, 0.25) is 17.7 Å². The zero-order valence-corrected chi connectivity index (χ0v) is 65.9. The molecule has 18 atom stereocenters. The van der Waals surface area contributed by atoms with E-state index in [1.165, 1.54) is 77.8 Å². The van der Waals surface area contributed by atoms with Crippen LogP contribution in [-0.2, 0) is 75.5 Å². The summed E-state index contributed by atoms with van der Waals surface area (Å²) in [6.45, 7) is 10.1. The number of amides is 3. The van der Waals surface area contributed by atoms with E-state index in [0.717, 1.165) is 103 Å². The summed E-state index contributed by atoms with van der Waals surface area (Å²) in [4.78, 5) is 64.4. The van der Waals surface area contributed by atoms with Gasteiger partial charge in [-0.15, -0.1) is 0 Å². The number of carbonyl (C=O) groups is 5. The highest BCUT2D eigenvalue weighted by atomic mass is 31.2. The molecule has 0 aromatic carbocycles. The predicted molar refractivity (Wildman–Crippen MR) is 401 cm³/mol. The first-order valence-corrected chi connectivity index (χ1v) is 42.3. The number of esters is 2. The summed E-state index contributed by atoms with van der Waals surface area (Å²) < 4.78 is 72.2. The summed E-state index contributed by atoms with van der Waals surface area (Å²) in [5, 5.41) is 96.5. The van der Waals surface area contributed by atoms with Gasteiger partial charge in [-0.3, -0.25) is 28.5 Å². The minimum atomic E-state index is -3.61. The van der Waals surface area contributed by atoms with Crippen LogP contribution in [0.4, 0.5) is 0 Å².